The zero-order valence-electron chi connectivity index (χ0n) is 11.9. The van der Waals surface area contributed by atoms with E-state index in [1.54, 1.807) is 24.3 Å². The molecule has 0 radical (unpaired) electrons. The van der Waals surface area contributed by atoms with E-state index in [1.165, 1.54) is 0 Å². The molecule has 5 atom stereocenters. The lowest BCUT2D eigenvalue weighted by Gasteiger charge is -2.40. The monoisotopic (exact) mass is 324 g/mol. The van der Waals surface area contributed by atoms with Crippen molar-refractivity contribution in [1.82, 2.24) is 10.5 Å². The smallest absolute Gasteiger partial charge is 0.291 e. The van der Waals surface area contributed by atoms with E-state index in [4.69, 9.17) is 14.4 Å². The highest BCUT2D eigenvalue weighted by Gasteiger charge is 2.44. The molecule has 2 aromatic rings. The highest BCUT2D eigenvalue weighted by atomic mass is 16.6. The molecule has 1 aliphatic rings. The van der Waals surface area contributed by atoms with Gasteiger partial charge in [-0.05, 0) is 12.1 Å². The second-order valence-corrected chi connectivity index (χ2v) is 5.26. The van der Waals surface area contributed by atoms with Crippen LogP contribution >= 0.6 is 0 Å². The summed E-state index contributed by atoms with van der Waals surface area (Å²) in [7, 11) is 0. The zero-order valence-corrected chi connectivity index (χ0v) is 11.9. The summed E-state index contributed by atoms with van der Waals surface area (Å²) in [5, 5.41) is 45.2. The molecule has 1 unspecified atom stereocenters. The van der Waals surface area contributed by atoms with Crippen molar-refractivity contribution in [2.45, 2.75) is 30.6 Å². The molecule has 124 valence electrons. The first kappa shape index (κ1) is 15.8. The Hall–Kier alpha value is -2.04. The molecule has 1 saturated heterocycles. The van der Waals surface area contributed by atoms with Gasteiger partial charge in [0.25, 0.3) is 5.91 Å². The Balaban J connectivity index is 1.79. The summed E-state index contributed by atoms with van der Waals surface area (Å²) >= 11 is 0. The fourth-order valence-corrected chi connectivity index (χ4v) is 2.52. The molecule has 9 heteroatoms. The Labute approximate surface area is 130 Å². The maximum Gasteiger partial charge on any atom is 0.291 e. The number of carbonyl (C=O) groups excluding carboxylic acids is 1. The molecule has 23 heavy (non-hydrogen) atoms. The predicted octanol–water partition coefficient (Wildman–Crippen LogP) is -1.64. The number of fused-ring (bicyclic) bond motifs is 1. The molecule has 1 aliphatic heterocycles. The highest BCUT2D eigenvalue weighted by Crippen LogP contribution is 2.22. The molecule has 0 spiro atoms. The molecule has 1 aromatic heterocycles. The van der Waals surface area contributed by atoms with E-state index < -0.39 is 43.2 Å². The standard InChI is InChI=1S/C14H16N2O7/c17-5-8-10(18)11(19)9(14(21)22-8)15-13(20)12-6-3-1-2-4-7(6)16-23-12/h1-4,8-11,14,17-19,21H,5H2,(H,15,20)/t8-,9-,10-,11-,14?/m1/s1. The average molecular weight is 324 g/mol. The van der Waals surface area contributed by atoms with E-state index in [0.29, 0.717) is 10.9 Å². The second-order valence-electron chi connectivity index (χ2n) is 5.26. The third-order valence-corrected chi connectivity index (χ3v) is 3.79. The maximum absolute atomic E-state index is 12.3. The van der Waals surface area contributed by atoms with Crippen LogP contribution < -0.4 is 5.32 Å². The number of hydrogen-bond donors (Lipinski definition) is 5. The SMILES string of the molecule is O=C(N[C@H]1C(O)O[C@H](CO)[C@@H](O)[C@@H]1O)c1onc2ccccc12. The number of aromatic nitrogens is 1. The number of hydrogen-bond acceptors (Lipinski definition) is 8. The normalized spacial score (nSPS) is 31.2. The van der Waals surface area contributed by atoms with Crippen LogP contribution in [0, 0.1) is 0 Å². The molecular weight excluding hydrogens is 308 g/mol. The summed E-state index contributed by atoms with van der Waals surface area (Å²) in [6, 6.07) is 5.46. The van der Waals surface area contributed by atoms with Gasteiger partial charge in [0.05, 0.1) is 12.0 Å². The molecule has 9 nitrogen and oxygen atoms in total. The van der Waals surface area contributed by atoms with Gasteiger partial charge in [-0.3, -0.25) is 4.79 Å². The summed E-state index contributed by atoms with van der Waals surface area (Å²) in [6.07, 6.45) is -5.71. The van der Waals surface area contributed by atoms with Crippen molar-refractivity contribution in [3.8, 4) is 0 Å². The minimum atomic E-state index is -1.59. The molecule has 2 heterocycles. The molecule has 1 aromatic carbocycles. The fraction of sp³-hybridized carbons (Fsp3) is 0.429. The summed E-state index contributed by atoms with van der Waals surface area (Å²) in [6.45, 7) is -0.581. The quantitative estimate of drug-likeness (QED) is 0.452. The van der Waals surface area contributed by atoms with E-state index in [-0.39, 0.29) is 5.76 Å². The summed E-state index contributed by atoms with van der Waals surface area (Å²) in [4.78, 5) is 12.3. The van der Waals surface area contributed by atoms with Gasteiger partial charge in [0.1, 0.15) is 29.9 Å². The maximum atomic E-state index is 12.3. The molecular formula is C14H16N2O7. The van der Waals surface area contributed by atoms with Crippen LogP contribution in [-0.2, 0) is 4.74 Å². The van der Waals surface area contributed by atoms with Gasteiger partial charge in [0, 0.05) is 0 Å². The van der Waals surface area contributed by atoms with E-state index in [2.05, 4.69) is 10.5 Å². The van der Waals surface area contributed by atoms with Crippen molar-refractivity contribution in [3.63, 3.8) is 0 Å². The molecule has 0 bridgehead atoms. The summed E-state index contributed by atoms with van der Waals surface area (Å²) < 4.78 is 9.96. The number of aliphatic hydroxyl groups excluding tert-OH is 4. The Morgan fingerprint density at radius 3 is 2.70 bits per heavy atom. The van der Waals surface area contributed by atoms with Gasteiger partial charge in [-0.2, -0.15) is 0 Å². The number of nitrogens with one attached hydrogen (secondary N) is 1. The Kier molecular flexibility index (Phi) is 4.28. The third-order valence-electron chi connectivity index (χ3n) is 3.79. The Morgan fingerprint density at radius 2 is 1.96 bits per heavy atom. The number of carbonyl (C=O) groups is 1. The van der Waals surface area contributed by atoms with Gasteiger partial charge in [0.15, 0.2) is 6.29 Å². The van der Waals surface area contributed by atoms with Crippen LogP contribution in [-0.4, -0.2) is 68.7 Å². The van der Waals surface area contributed by atoms with Gasteiger partial charge >= 0.3 is 0 Å². The van der Waals surface area contributed by atoms with Crippen molar-refractivity contribution in [2.24, 2.45) is 0 Å². The third kappa shape index (κ3) is 2.80. The van der Waals surface area contributed by atoms with Gasteiger partial charge in [0.2, 0.25) is 5.76 Å². The lowest BCUT2D eigenvalue weighted by Crippen LogP contribution is -2.64. The number of aliphatic hydroxyl groups is 4. The topological polar surface area (TPSA) is 145 Å². The largest absolute Gasteiger partial charge is 0.394 e. The zero-order chi connectivity index (χ0) is 16.6. The van der Waals surface area contributed by atoms with E-state index in [0.717, 1.165) is 0 Å². The summed E-state index contributed by atoms with van der Waals surface area (Å²) in [5.74, 6) is -0.807. The number of rotatable bonds is 3. The minimum Gasteiger partial charge on any atom is -0.394 e. The van der Waals surface area contributed by atoms with Crippen molar-refractivity contribution in [2.75, 3.05) is 6.61 Å². The molecule has 3 rings (SSSR count). The predicted molar refractivity (Wildman–Crippen MR) is 75.2 cm³/mol. The Bertz CT molecular complexity index is 703. The number of nitrogens with zero attached hydrogens (tertiary/aromatic N) is 1. The number of amides is 1. The first-order chi connectivity index (χ1) is 11.0. The summed E-state index contributed by atoms with van der Waals surface area (Å²) in [5.41, 5.74) is 0.485. The molecule has 0 aliphatic carbocycles. The van der Waals surface area contributed by atoms with Crippen molar-refractivity contribution in [1.29, 1.82) is 0 Å². The van der Waals surface area contributed by atoms with Gasteiger partial charge in [-0.25, -0.2) is 0 Å². The van der Waals surface area contributed by atoms with E-state index >= 15 is 0 Å². The van der Waals surface area contributed by atoms with Crippen LogP contribution in [0.3, 0.4) is 0 Å². The highest BCUT2D eigenvalue weighted by molar-refractivity contribution is 6.03. The van der Waals surface area contributed by atoms with Crippen LogP contribution in [0.15, 0.2) is 28.8 Å². The first-order valence-corrected chi connectivity index (χ1v) is 6.98. The minimum absolute atomic E-state index is 0.0845. The lowest BCUT2D eigenvalue weighted by molar-refractivity contribution is -0.252. The number of benzene rings is 1. The van der Waals surface area contributed by atoms with Crippen LogP contribution in [0.2, 0.25) is 0 Å². The average Bonchev–Trinajstić information content (AvgIpc) is 2.99. The second kappa shape index (κ2) is 6.22. The molecule has 1 fully saturated rings. The van der Waals surface area contributed by atoms with Crippen LogP contribution in [0.4, 0.5) is 0 Å². The van der Waals surface area contributed by atoms with Gasteiger partial charge in [-0.15, -0.1) is 0 Å². The Morgan fingerprint density at radius 1 is 1.22 bits per heavy atom. The van der Waals surface area contributed by atoms with Crippen LogP contribution in [0.1, 0.15) is 10.6 Å². The van der Waals surface area contributed by atoms with Gasteiger partial charge in [-0.1, -0.05) is 17.3 Å². The van der Waals surface area contributed by atoms with Crippen LogP contribution in [0.25, 0.3) is 10.9 Å². The van der Waals surface area contributed by atoms with Crippen molar-refractivity contribution in [3.05, 3.63) is 30.0 Å². The van der Waals surface area contributed by atoms with Gasteiger partial charge < -0.3 is 35.0 Å². The van der Waals surface area contributed by atoms with Crippen molar-refractivity contribution < 1.29 is 34.5 Å². The molecule has 0 saturated carbocycles. The molecule has 5 N–H and O–H groups in total. The lowest BCUT2D eigenvalue weighted by atomic mass is 9.97. The van der Waals surface area contributed by atoms with Crippen molar-refractivity contribution >= 4 is 16.8 Å². The fourth-order valence-electron chi connectivity index (χ4n) is 2.52. The first-order valence-electron chi connectivity index (χ1n) is 6.98. The van der Waals surface area contributed by atoms with E-state index in [1.807, 2.05) is 0 Å². The molecule has 1 amide bonds. The van der Waals surface area contributed by atoms with E-state index in [9.17, 15) is 20.1 Å². The number of ether oxygens (including phenoxy) is 1. The van der Waals surface area contributed by atoms with Crippen LogP contribution in [0.5, 0.6) is 0 Å².